The normalized spacial score (nSPS) is 21.4. The van der Waals surface area contributed by atoms with Crippen LogP contribution in [0.4, 0.5) is 0 Å². The van der Waals surface area contributed by atoms with Crippen LogP contribution in [0.2, 0.25) is 0 Å². The molecular weight excluding hydrogens is 342 g/mol. The highest BCUT2D eigenvalue weighted by Crippen LogP contribution is 2.32. The molecule has 0 bridgehead atoms. The maximum absolute atomic E-state index is 4.97. The van der Waals surface area contributed by atoms with E-state index in [4.69, 9.17) is 15.0 Å². The molecule has 0 spiro atoms. The second kappa shape index (κ2) is 7.51. The third-order valence-electron chi connectivity index (χ3n) is 5.64. The van der Waals surface area contributed by atoms with Crippen molar-refractivity contribution in [1.82, 2.24) is 4.98 Å². The summed E-state index contributed by atoms with van der Waals surface area (Å²) in [6.07, 6.45) is 4.08. The van der Waals surface area contributed by atoms with E-state index in [2.05, 4.69) is 78.9 Å². The van der Waals surface area contributed by atoms with E-state index in [0.29, 0.717) is 0 Å². The molecule has 0 radical (unpaired) electrons. The van der Waals surface area contributed by atoms with Crippen molar-refractivity contribution in [3.8, 4) is 0 Å². The second-order valence-corrected chi connectivity index (χ2v) is 7.49. The van der Waals surface area contributed by atoms with Gasteiger partial charge in [0.15, 0.2) is 0 Å². The Labute approximate surface area is 165 Å². The molecular formula is C25H23N3. The predicted molar refractivity (Wildman–Crippen MR) is 114 cm³/mol. The van der Waals surface area contributed by atoms with Crippen molar-refractivity contribution >= 4 is 11.4 Å². The minimum atomic E-state index is 0.257. The van der Waals surface area contributed by atoms with Crippen LogP contribution >= 0.6 is 0 Å². The minimum Gasteiger partial charge on any atom is -0.279 e. The predicted octanol–water partition coefficient (Wildman–Crippen LogP) is 5.73. The van der Waals surface area contributed by atoms with Gasteiger partial charge in [-0.1, -0.05) is 66.7 Å². The molecule has 2 aliphatic rings. The summed E-state index contributed by atoms with van der Waals surface area (Å²) in [4.78, 5) is 14.9. The quantitative estimate of drug-likeness (QED) is 0.582. The Bertz CT molecular complexity index is 941. The van der Waals surface area contributed by atoms with Gasteiger partial charge >= 0.3 is 0 Å². The number of hydrogen-bond acceptors (Lipinski definition) is 3. The van der Waals surface area contributed by atoms with Gasteiger partial charge in [-0.05, 0) is 48.9 Å². The second-order valence-electron chi connectivity index (χ2n) is 7.49. The van der Waals surface area contributed by atoms with Crippen LogP contribution in [-0.2, 0) is 0 Å². The zero-order valence-electron chi connectivity index (χ0n) is 15.8. The van der Waals surface area contributed by atoms with Crippen molar-refractivity contribution in [3.05, 3.63) is 101 Å². The number of hydrogen-bond donors (Lipinski definition) is 0. The van der Waals surface area contributed by atoms with Gasteiger partial charge in [-0.3, -0.25) is 9.98 Å². The molecule has 3 heterocycles. The number of rotatable bonds is 4. The van der Waals surface area contributed by atoms with E-state index in [1.54, 1.807) is 0 Å². The van der Waals surface area contributed by atoms with E-state index in [0.717, 1.165) is 48.5 Å². The van der Waals surface area contributed by atoms with Gasteiger partial charge < -0.3 is 0 Å². The third-order valence-corrected chi connectivity index (χ3v) is 5.64. The lowest BCUT2D eigenvalue weighted by Crippen LogP contribution is -2.06. The van der Waals surface area contributed by atoms with E-state index in [1.807, 2.05) is 0 Å². The molecule has 3 heteroatoms. The van der Waals surface area contributed by atoms with Crippen LogP contribution in [0.3, 0.4) is 0 Å². The van der Waals surface area contributed by atoms with Crippen LogP contribution in [0.25, 0.3) is 0 Å². The average Bonchev–Trinajstić information content (AvgIpc) is 3.46. The van der Waals surface area contributed by atoms with Crippen molar-refractivity contribution in [2.45, 2.75) is 37.8 Å². The largest absolute Gasteiger partial charge is 0.279 e. The highest BCUT2D eigenvalue weighted by atomic mass is 14.9. The van der Waals surface area contributed by atoms with Crippen molar-refractivity contribution in [2.24, 2.45) is 9.98 Å². The van der Waals surface area contributed by atoms with E-state index in [-0.39, 0.29) is 12.1 Å². The first-order chi connectivity index (χ1) is 13.9. The number of pyridine rings is 1. The average molecular weight is 365 g/mol. The number of aromatic nitrogens is 1. The molecule has 0 N–H and O–H groups in total. The van der Waals surface area contributed by atoms with E-state index in [1.165, 1.54) is 11.1 Å². The fourth-order valence-electron chi connectivity index (χ4n) is 4.16. The van der Waals surface area contributed by atoms with E-state index < -0.39 is 0 Å². The SMILES string of the molecule is c1ccc([C@@H]2CCC(c3cccc(C4=N[C@H](c5ccccc5)CC4)n3)=N2)cc1. The minimum absolute atomic E-state index is 0.257. The Kier molecular flexibility index (Phi) is 4.58. The Balaban J connectivity index is 1.39. The first-order valence-corrected chi connectivity index (χ1v) is 10.1. The maximum Gasteiger partial charge on any atom is 0.0848 e. The smallest absolute Gasteiger partial charge is 0.0848 e. The van der Waals surface area contributed by atoms with Gasteiger partial charge in [0.1, 0.15) is 0 Å². The number of nitrogens with zero attached hydrogens (tertiary/aromatic N) is 3. The molecule has 2 aliphatic heterocycles. The number of benzene rings is 2. The Hall–Kier alpha value is -3.07. The summed E-state index contributed by atoms with van der Waals surface area (Å²) in [5.41, 5.74) is 6.82. The lowest BCUT2D eigenvalue weighted by atomic mass is 10.0. The summed E-state index contributed by atoms with van der Waals surface area (Å²) in [6.45, 7) is 0. The van der Waals surface area contributed by atoms with Crippen LogP contribution in [0.15, 0.2) is 88.8 Å². The van der Waals surface area contributed by atoms with Crippen molar-refractivity contribution < 1.29 is 0 Å². The lowest BCUT2D eigenvalue weighted by molar-refractivity contribution is 0.723. The Morgan fingerprint density at radius 2 is 1.00 bits per heavy atom. The van der Waals surface area contributed by atoms with Crippen LogP contribution in [0.1, 0.15) is 60.3 Å². The van der Waals surface area contributed by atoms with Gasteiger partial charge in [-0.2, -0.15) is 0 Å². The first-order valence-electron chi connectivity index (χ1n) is 10.1. The topological polar surface area (TPSA) is 37.6 Å². The summed E-state index contributed by atoms with van der Waals surface area (Å²) in [7, 11) is 0. The molecule has 0 aliphatic carbocycles. The summed E-state index contributed by atoms with van der Waals surface area (Å²) >= 11 is 0. The standard InChI is InChI=1S/C25H23N3/c1-3-8-18(9-4-1)20-14-16-24(26-20)22-12-7-13-23(28-22)25-17-15-21(27-25)19-10-5-2-6-11-19/h1-13,20-21H,14-17H2/t20-,21-/m0/s1. The van der Waals surface area contributed by atoms with Gasteiger partial charge in [0.25, 0.3) is 0 Å². The van der Waals surface area contributed by atoms with E-state index >= 15 is 0 Å². The Morgan fingerprint density at radius 3 is 1.46 bits per heavy atom. The molecule has 0 amide bonds. The molecule has 3 aromatic rings. The van der Waals surface area contributed by atoms with Gasteiger partial charge in [0, 0.05) is 0 Å². The molecule has 0 fully saturated rings. The number of aliphatic imine (C=N–C) groups is 2. The Morgan fingerprint density at radius 1 is 0.536 bits per heavy atom. The van der Waals surface area contributed by atoms with E-state index in [9.17, 15) is 0 Å². The van der Waals surface area contributed by atoms with Crippen LogP contribution < -0.4 is 0 Å². The monoisotopic (exact) mass is 365 g/mol. The van der Waals surface area contributed by atoms with Gasteiger partial charge in [-0.25, -0.2) is 4.98 Å². The molecule has 0 saturated carbocycles. The molecule has 2 atom stereocenters. The fraction of sp³-hybridized carbons (Fsp3) is 0.240. The molecule has 0 unspecified atom stereocenters. The highest BCUT2D eigenvalue weighted by molar-refractivity contribution is 6.03. The third kappa shape index (κ3) is 3.40. The molecule has 5 rings (SSSR count). The summed E-state index contributed by atoms with van der Waals surface area (Å²) in [5, 5.41) is 0. The van der Waals surface area contributed by atoms with Gasteiger partial charge in [0.2, 0.25) is 0 Å². The molecule has 138 valence electrons. The highest BCUT2D eigenvalue weighted by Gasteiger charge is 2.23. The van der Waals surface area contributed by atoms with Gasteiger partial charge in [0.05, 0.1) is 34.9 Å². The molecule has 2 aromatic carbocycles. The molecule has 0 saturated heterocycles. The molecule has 28 heavy (non-hydrogen) atoms. The van der Waals surface area contributed by atoms with Crippen molar-refractivity contribution in [3.63, 3.8) is 0 Å². The van der Waals surface area contributed by atoms with Gasteiger partial charge in [-0.15, -0.1) is 0 Å². The zero-order valence-corrected chi connectivity index (χ0v) is 15.8. The van der Waals surface area contributed by atoms with Crippen LogP contribution in [0.5, 0.6) is 0 Å². The summed E-state index contributed by atoms with van der Waals surface area (Å²) in [5.74, 6) is 0. The summed E-state index contributed by atoms with van der Waals surface area (Å²) in [6, 6.07) is 27.9. The van der Waals surface area contributed by atoms with Crippen molar-refractivity contribution in [2.75, 3.05) is 0 Å². The van der Waals surface area contributed by atoms with Crippen molar-refractivity contribution in [1.29, 1.82) is 0 Å². The first kappa shape index (κ1) is 17.1. The fourth-order valence-corrected chi connectivity index (χ4v) is 4.16. The van der Waals surface area contributed by atoms with Crippen LogP contribution in [-0.4, -0.2) is 16.4 Å². The molecule has 3 nitrogen and oxygen atoms in total. The summed E-state index contributed by atoms with van der Waals surface area (Å²) < 4.78 is 0. The lowest BCUT2D eigenvalue weighted by Gasteiger charge is -2.06. The zero-order chi connectivity index (χ0) is 18.8. The molecule has 1 aromatic heterocycles. The van der Waals surface area contributed by atoms with Crippen LogP contribution in [0, 0.1) is 0 Å². The maximum atomic E-state index is 4.97.